The van der Waals surface area contributed by atoms with E-state index in [1.807, 2.05) is 13.0 Å². The van der Waals surface area contributed by atoms with E-state index in [0.717, 1.165) is 18.9 Å². The zero-order valence-corrected chi connectivity index (χ0v) is 11.1. The van der Waals surface area contributed by atoms with Crippen LogP contribution in [0.25, 0.3) is 0 Å². The second-order valence-corrected chi connectivity index (χ2v) is 5.36. The van der Waals surface area contributed by atoms with Crippen LogP contribution in [-0.2, 0) is 4.74 Å². The molecule has 1 aliphatic rings. The van der Waals surface area contributed by atoms with E-state index in [1.165, 1.54) is 0 Å². The third-order valence-electron chi connectivity index (χ3n) is 2.95. The summed E-state index contributed by atoms with van der Waals surface area (Å²) in [5, 5.41) is 7.62. The van der Waals surface area contributed by atoms with Crippen molar-refractivity contribution in [3.05, 3.63) is 23.9 Å². The van der Waals surface area contributed by atoms with Crippen molar-refractivity contribution in [1.29, 1.82) is 5.41 Å². The van der Waals surface area contributed by atoms with Gasteiger partial charge in [-0.3, -0.25) is 5.41 Å². The molecular formula is C13H20N4O. The molecule has 1 atom stereocenters. The van der Waals surface area contributed by atoms with Crippen LogP contribution in [0.3, 0.4) is 0 Å². The molecule has 2 rings (SSSR count). The number of nitrogens with one attached hydrogen (secondary N) is 1. The lowest BCUT2D eigenvalue weighted by Gasteiger charge is -2.42. The molecular weight excluding hydrogens is 228 g/mol. The predicted octanol–water partition coefficient (Wildman–Crippen LogP) is 1.37. The highest BCUT2D eigenvalue weighted by Crippen LogP contribution is 2.26. The Kier molecular flexibility index (Phi) is 3.26. The number of hydrogen-bond donors (Lipinski definition) is 2. The van der Waals surface area contributed by atoms with Crippen LogP contribution in [0.15, 0.2) is 18.3 Å². The predicted molar refractivity (Wildman–Crippen MR) is 72.1 cm³/mol. The molecule has 0 amide bonds. The summed E-state index contributed by atoms with van der Waals surface area (Å²) in [4.78, 5) is 6.52. The third kappa shape index (κ3) is 2.61. The molecule has 0 saturated carbocycles. The van der Waals surface area contributed by atoms with E-state index in [0.29, 0.717) is 5.56 Å². The number of amidine groups is 1. The maximum absolute atomic E-state index is 7.62. The van der Waals surface area contributed by atoms with Gasteiger partial charge in [0.05, 0.1) is 17.3 Å². The van der Waals surface area contributed by atoms with Gasteiger partial charge in [0, 0.05) is 19.3 Å². The molecule has 1 aliphatic heterocycles. The molecule has 0 aliphatic carbocycles. The van der Waals surface area contributed by atoms with Crippen LogP contribution in [0.1, 0.15) is 26.3 Å². The quantitative estimate of drug-likeness (QED) is 0.612. The van der Waals surface area contributed by atoms with Crippen molar-refractivity contribution in [2.45, 2.75) is 32.5 Å². The van der Waals surface area contributed by atoms with Crippen LogP contribution in [0.2, 0.25) is 0 Å². The number of nitrogens with zero attached hydrogens (tertiary/aromatic N) is 2. The number of aromatic nitrogens is 1. The summed E-state index contributed by atoms with van der Waals surface area (Å²) in [6.07, 6.45) is 1.87. The van der Waals surface area contributed by atoms with Crippen molar-refractivity contribution in [3.8, 4) is 0 Å². The van der Waals surface area contributed by atoms with Crippen molar-refractivity contribution in [2.75, 3.05) is 18.0 Å². The number of nitrogens with two attached hydrogens (primary N) is 1. The van der Waals surface area contributed by atoms with E-state index < -0.39 is 0 Å². The fraction of sp³-hybridized carbons (Fsp3) is 0.538. The van der Waals surface area contributed by atoms with E-state index in [2.05, 4.69) is 23.7 Å². The van der Waals surface area contributed by atoms with Gasteiger partial charge < -0.3 is 15.4 Å². The van der Waals surface area contributed by atoms with Gasteiger partial charge in [-0.1, -0.05) is 0 Å². The van der Waals surface area contributed by atoms with Crippen molar-refractivity contribution in [2.24, 2.45) is 5.73 Å². The van der Waals surface area contributed by atoms with Crippen LogP contribution < -0.4 is 10.6 Å². The number of ether oxygens (including phenoxy) is 1. The number of pyridine rings is 1. The molecule has 1 aromatic heterocycles. The van der Waals surface area contributed by atoms with Crippen LogP contribution in [0.5, 0.6) is 0 Å². The van der Waals surface area contributed by atoms with Crippen LogP contribution in [0.4, 0.5) is 5.82 Å². The van der Waals surface area contributed by atoms with Gasteiger partial charge in [-0.15, -0.1) is 0 Å². The fourth-order valence-corrected chi connectivity index (χ4v) is 2.47. The Bertz CT molecular complexity index is 458. The van der Waals surface area contributed by atoms with Gasteiger partial charge in [-0.25, -0.2) is 4.98 Å². The highest BCUT2D eigenvalue weighted by atomic mass is 16.5. The number of rotatable bonds is 2. The lowest BCUT2D eigenvalue weighted by molar-refractivity contribution is -0.0751. The highest BCUT2D eigenvalue weighted by Gasteiger charge is 2.32. The van der Waals surface area contributed by atoms with E-state index in [1.54, 1.807) is 12.3 Å². The van der Waals surface area contributed by atoms with Crippen molar-refractivity contribution < 1.29 is 4.74 Å². The van der Waals surface area contributed by atoms with Gasteiger partial charge >= 0.3 is 0 Å². The lowest BCUT2D eigenvalue weighted by Crippen LogP contribution is -2.52. The maximum Gasteiger partial charge on any atom is 0.139 e. The Balaban J connectivity index is 2.34. The molecule has 0 spiro atoms. The number of anilines is 1. The smallest absolute Gasteiger partial charge is 0.139 e. The summed E-state index contributed by atoms with van der Waals surface area (Å²) < 4.78 is 5.87. The standard InChI is InChI=1S/C13H20N4O/c1-9-7-17(8-13(2,3)18-9)12-10(11(14)15)5-4-6-16-12/h4-6,9H,7-8H2,1-3H3,(H3,14,15). The molecule has 0 radical (unpaired) electrons. The number of morpholine rings is 1. The Morgan fingerprint density at radius 2 is 2.33 bits per heavy atom. The molecule has 3 N–H and O–H groups in total. The zero-order valence-electron chi connectivity index (χ0n) is 11.1. The van der Waals surface area contributed by atoms with E-state index in [9.17, 15) is 0 Å². The molecule has 5 nitrogen and oxygen atoms in total. The minimum absolute atomic E-state index is 0.0510. The largest absolute Gasteiger partial charge is 0.384 e. The van der Waals surface area contributed by atoms with Crippen molar-refractivity contribution in [3.63, 3.8) is 0 Å². The minimum Gasteiger partial charge on any atom is -0.384 e. The molecule has 18 heavy (non-hydrogen) atoms. The Hall–Kier alpha value is -1.62. The summed E-state index contributed by atoms with van der Waals surface area (Å²) in [5.41, 5.74) is 6.07. The van der Waals surface area contributed by atoms with Gasteiger partial charge in [0.15, 0.2) is 0 Å². The Labute approximate surface area is 107 Å². The molecule has 0 aromatic carbocycles. The normalized spacial score (nSPS) is 22.8. The molecule has 0 bridgehead atoms. The first-order chi connectivity index (χ1) is 8.39. The first-order valence-corrected chi connectivity index (χ1v) is 6.11. The maximum atomic E-state index is 7.62. The number of hydrogen-bond acceptors (Lipinski definition) is 4. The van der Waals surface area contributed by atoms with Gasteiger partial charge in [0.2, 0.25) is 0 Å². The summed E-state index contributed by atoms with van der Waals surface area (Å²) in [6.45, 7) is 7.68. The Morgan fingerprint density at radius 1 is 1.61 bits per heavy atom. The average Bonchev–Trinajstić information content (AvgIpc) is 2.26. The first kappa shape index (κ1) is 12.8. The van der Waals surface area contributed by atoms with Gasteiger partial charge in [0.1, 0.15) is 11.7 Å². The molecule has 1 aromatic rings. The second-order valence-electron chi connectivity index (χ2n) is 5.36. The van der Waals surface area contributed by atoms with E-state index in [4.69, 9.17) is 15.9 Å². The summed E-state index contributed by atoms with van der Waals surface area (Å²) in [5.74, 6) is 0.822. The summed E-state index contributed by atoms with van der Waals surface area (Å²) in [6, 6.07) is 3.63. The molecule has 1 saturated heterocycles. The molecule has 1 fully saturated rings. The van der Waals surface area contributed by atoms with Gasteiger partial charge in [0.25, 0.3) is 0 Å². The highest BCUT2D eigenvalue weighted by molar-refractivity contribution is 5.99. The summed E-state index contributed by atoms with van der Waals surface area (Å²) >= 11 is 0. The van der Waals surface area contributed by atoms with Gasteiger partial charge in [-0.2, -0.15) is 0 Å². The van der Waals surface area contributed by atoms with Crippen molar-refractivity contribution >= 4 is 11.7 Å². The van der Waals surface area contributed by atoms with Crippen molar-refractivity contribution in [1.82, 2.24) is 4.98 Å². The van der Waals surface area contributed by atoms with E-state index in [-0.39, 0.29) is 17.5 Å². The fourth-order valence-electron chi connectivity index (χ4n) is 2.47. The SMILES string of the molecule is CC1CN(c2ncccc2C(=N)N)CC(C)(C)O1. The Morgan fingerprint density at radius 3 is 2.94 bits per heavy atom. The van der Waals surface area contributed by atoms with Crippen LogP contribution in [-0.4, -0.2) is 35.6 Å². The lowest BCUT2D eigenvalue weighted by atomic mass is 10.0. The summed E-state index contributed by atoms with van der Waals surface area (Å²) in [7, 11) is 0. The molecule has 2 heterocycles. The first-order valence-electron chi connectivity index (χ1n) is 6.11. The second kappa shape index (κ2) is 4.57. The van der Waals surface area contributed by atoms with E-state index >= 15 is 0 Å². The minimum atomic E-state index is -0.219. The average molecular weight is 248 g/mol. The van der Waals surface area contributed by atoms with Gasteiger partial charge in [-0.05, 0) is 32.9 Å². The molecule has 5 heteroatoms. The molecule has 98 valence electrons. The monoisotopic (exact) mass is 248 g/mol. The zero-order chi connectivity index (χ0) is 13.3. The third-order valence-corrected chi connectivity index (χ3v) is 2.95. The van der Waals surface area contributed by atoms with Crippen LogP contribution in [0, 0.1) is 5.41 Å². The number of nitrogen functional groups attached to an aromatic ring is 1. The topological polar surface area (TPSA) is 75.2 Å². The molecule has 1 unspecified atom stereocenters. The van der Waals surface area contributed by atoms with Crippen LogP contribution >= 0.6 is 0 Å².